The van der Waals surface area contributed by atoms with Crippen molar-refractivity contribution in [3.63, 3.8) is 0 Å². The van der Waals surface area contributed by atoms with E-state index in [-0.39, 0.29) is 5.82 Å². The molecule has 0 aliphatic heterocycles. The molecule has 2 rings (SSSR count). The van der Waals surface area contributed by atoms with E-state index in [1.54, 1.807) is 12.1 Å². The zero-order chi connectivity index (χ0) is 12.3. The van der Waals surface area contributed by atoms with Crippen molar-refractivity contribution in [1.29, 1.82) is 0 Å². The number of halogens is 2. The second-order valence-corrected chi connectivity index (χ2v) is 5.45. The molecular formula is C13H11BrFNS. The van der Waals surface area contributed by atoms with Crippen LogP contribution in [-0.4, -0.2) is 0 Å². The van der Waals surface area contributed by atoms with Gasteiger partial charge in [-0.2, -0.15) is 0 Å². The standard InChI is InChI=1S/C13H11BrFNS/c14-10-6-5-9(7-12(10)16)8-17-13-4-2-1-3-11(13)15/h1-7H,8,16H2. The van der Waals surface area contributed by atoms with Crippen LogP contribution in [0.5, 0.6) is 0 Å². The maximum atomic E-state index is 13.4. The molecule has 2 N–H and O–H groups in total. The first-order valence-electron chi connectivity index (χ1n) is 5.08. The Balaban J connectivity index is 2.08. The number of nitrogen functional groups attached to an aromatic ring is 1. The van der Waals surface area contributed by atoms with Crippen molar-refractivity contribution in [2.75, 3.05) is 5.73 Å². The Bertz CT molecular complexity index is 531. The molecular weight excluding hydrogens is 301 g/mol. The number of anilines is 1. The minimum Gasteiger partial charge on any atom is -0.398 e. The molecule has 2 aromatic rings. The molecule has 0 saturated heterocycles. The summed E-state index contributed by atoms with van der Waals surface area (Å²) in [5.74, 6) is 0.529. The number of thioether (sulfide) groups is 1. The first-order valence-corrected chi connectivity index (χ1v) is 6.86. The predicted molar refractivity (Wildman–Crippen MR) is 74.5 cm³/mol. The summed E-state index contributed by atoms with van der Waals surface area (Å²) in [5.41, 5.74) is 7.58. The summed E-state index contributed by atoms with van der Waals surface area (Å²) in [7, 11) is 0. The third-order valence-corrected chi connectivity index (χ3v) is 4.13. The van der Waals surface area contributed by atoms with Gasteiger partial charge < -0.3 is 5.73 Å². The molecule has 0 atom stereocenters. The van der Waals surface area contributed by atoms with Gasteiger partial charge in [0, 0.05) is 20.8 Å². The van der Waals surface area contributed by atoms with Crippen molar-refractivity contribution < 1.29 is 4.39 Å². The molecule has 0 amide bonds. The van der Waals surface area contributed by atoms with Crippen LogP contribution in [0.3, 0.4) is 0 Å². The molecule has 0 radical (unpaired) electrons. The maximum Gasteiger partial charge on any atom is 0.136 e. The minimum atomic E-state index is -0.178. The van der Waals surface area contributed by atoms with Gasteiger partial charge in [-0.1, -0.05) is 18.2 Å². The van der Waals surface area contributed by atoms with Crippen molar-refractivity contribution in [2.45, 2.75) is 10.6 Å². The van der Waals surface area contributed by atoms with Gasteiger partial charge in [-0.15, -0.1) is 11.8 Å². The smallest absolute Gasteiger partial charge is 0.136 e. The molecule has 0 aromatic heterocycles. The van der Waals surface area contributed by atoms with E-state index >= 15 is 0 Å². The number of hydrogen-bond donors (Lipinski definition) is 1. The highest BCUT2D eigenvalue weighted by molar-refractivity contribution is 9.10. The lowest BCUT2D eigenvalue weighted by molar-refractivity contribution is 0.602. The van der Waals surface area contributed by atoms with E-state index in [1.807, 2.05) is 24.3 Å². The Morgan fingerprint density at radius 2 is 1.94 bits per heavy atom. The molecule has 88 valence electrons. The van der Waals surface area contributed by atoms with Crippen molar-refractivity contribution in [1.82, 2.24) is 0 Å². The van der Waals surface area contributed by atoms with Crippen LogP contribution in [0.25, 0.3) is 0 Å². The summed E-state index contributed by atoms with van der Waals surface area (Å²) in [6, 6.07) is 12.6. The lowest BCUT2D eigenvalue weighted by Gasteiger charge is -2.05. The molecule has 0 fully saturated rings. The Morgan fingerprint density at radius 3 is 2.65 bits per heavy atom. The molecule has 0 spiro atoms. The molecule has 0 aliphatic carbocycles. The monoisotopic (exact) mass is 311 g/mol. The van der Waals surface area contributed by atoms with E-state index in [2.05, 4.69) is 15.9 Å². The summed E-state index contributed by atoms with van der Waals surface area (Å²) in [5, 5.41) is 0. The highest BCUT2D eigenvalue weighted by Crippen LogP contribution is 2.27. The van der Waals surface area contributed by atoms with Gasteiger partial charge in [0.2, 0.25) is 0 Å². The Labute approximate surface area is 112 Å². The van der Waals surface area contributed by atoms with Crippen molar-refractivity contribution >= 4 is 33.4 Å². The predicted octanol–water partition coefficient (Wildman–Crippen LogP) is 4.46. The van der Waals surface area contributed by atoms with Crippen LogP contribution in [0.2, 0.25) is 0 Å². The van der Waals surface area contributed by atoms with Gasteiger partial charge in [-0.25, -0.2) is 4.39 Å². The number of benzene rings is 2. The topological polar surface area (TPSA) is 26.0 Å². The minimum absolute atomic E-state index is 0.178. The maximum absolute atomic E-state index is 13.4. The lowest BCUT2D eigenvalue weighted by Crippen LogP contribution is -1.89. The average Bonchev–Trinajstić information content (AvgIpc) is 2.32. The molecule has 0 heterocycles. The quantitative estimate of drug-likeness (QED) is 0.669. The second-order valence-electron chi connectivity index (χ2n) is 3.57. The molecule has 17 heavy (non-hydrogen) atoms. The number of nitrogens with two attached hydrogens (primary N) is 1. The van der Waals surface area contributed by atoms with Gasteiger partial charge in [0.1, 0.15) is 5.82 Å². The Kier molecular flexibility index (Phi) is 4.07. The summed E-state index contributed by atoms with van der Waals surface area (Å²) < 4.78 is 14.3. The second kappa shape index (κ2) is 5.56. The van der Waals surface area contributed by atoms with Crippen LogP contribution in [0.15, 0.2) is 51.8 Å². The summed E-state index contributed by atoms with van der Waals surface area (Å²) in [4.78, 5) is 0.661. The first kappa shape index (κ1) is 12.5. The molecule has 0 saturated carbocycles. The van der Waals surface area contributed by atoms with Gasteiger partial charge in [0.05, 0.1) is 0 Å². The van der Waals surface area contributed by atoms with Crippen LogP contribution in [0, 0.1) is 5.82 Å². The van der Waals surface area contributed by atoms with Gasteiger partial charge >= 0.3 is 0 Å². The first-order chi connectivity index (χ1) is 8.16. The van der Waals surface area contributed by atoms with E-state index in [0.29, 0.717) is 16.3 Å². The largest absolute Gasteiger partial charge is 0.398 e. The fourth-order valence-corrected chi connectivity index (χ4v) is 2.53. The summed E-state index contributed by atoms with van der Waals surface area (Å²) >= 11 is 4.81. The third kappa shape index (κ3) is 3.23. The highest BCUT2D eigenvalue weighted by Gasteiger charge is 2.03. The van der Waals surface area contributed by atoms with Crippen LogP contribution in [-0.2, 0) is 5.75 Å². The third-order valence-electron chi connectivity index (χ3n) is 2.29. The van der Waals surface area contributed by atoms with E-state index in [1.165, 1.54) is 17.8 Å². The van der Waals surface area contributed by atoms with E-state index in [0.717, 1.165) is 10.0 Å². The molecule has 2 aromatic carbocycles. The van der Waals surface area contributed by atoms with Gasteiger partial charge in [0.25, 0.3) is 0 Å². The van der Waals surface area contributed by atoms with Crippen LogP contribution >= 0.6 is 27.7 Å². The van der Waals surface area contributed by atoms with E-state index in [9.17, 15) is 4.39 Å². The summed E-state index contributed by atoms with van der Waals surface area (Å²) in [6.45, 7) is 0. The zero-order valence-electron chi connectivity index (χ0n) is 8.99. The Morgan fingerprint density at radius 1 is 1.18 bits per heavy atom. The van der Waals surface area contributed by atoms with Crippen molar-refractivity contribution in [3.05, 3.63) is 58.3 Å². The Hall–Kier alpha value is -1.00. The molecule has 0 aliphatic rings. The van der Waals surface area contributed by atoms with E-state index < -0.39 is 0 Å². The lowest BCUT2D eigenvalue weighted by atomic mass is 10.2. The van der Waals surface area contributed by atoms with Gasteiger partial charge in [-0.05, 0) is 45.8 Å². The van der Waals surface area contributed by atoms with Crippen LogP contribution in [0.1, 0.15) is 5.56 Å². The fourth-order valence-electron chi connectivity index (χ4n) is 1.41. The van der Waals surface area contributed by atoms with Crippen molar-refractivity contribution in [3.8, 4) is 0 Å². The average molecular weight is 312 g/mol. The SMILES string of the molecule is Nc1cc(CSc2ccccc2F)ccc1Br. The molecule has 0 bridgehead atoms. The zero-order valence-corrected chi connectivity index (χ0v) is 11.4. The highest BCUT2D eigenvalue weighted by atomic mass is 79.9. The molecule has 0 unspecified atom stereocenters. The molecule has 4 heteroatoms. The normalized spacial score (nSPS) is 10.5. The van der Waals surface area contributed by atoms with Crippen LogP contribution < -0.4 is 5.73 Å². The van der Waals surface area contributed by atoms with Gasteiger partial charge in [-0.3, -0.25) is 0 Å². The number of hydrogen-bond acceptors (Lipinski definition) is 2. The fraction of sp³-hybridized carbons (Fsp3) is 0.0769. The molecule has 1 nitrogen and oxygen atoms in total. The van der Waals surface area contributed by atoms with Crippen LogP contribution in [0.4, 0.5) is 10.1 Å². The summed E-state index contributed by atoms with van der Waals surface area (Å²) in [6.07, 6.45) is 0. The van der Waals surface area contributed by atoms with E-state index in [4.69, 9.17) is 5.73 Å². The number of rotatable bonds is 3. The van der Waals surface area contributed by atoms with Gasteiger partial charge in [0.15, 0.2) is 0 Å². The van der Waals surface area contributed by atoms with Crippen molar-refractivity contribution in [2.24, 2.45) is 0 Å².